The third kappa shape index (κ3) is 3.84. The Balaban J connectivity index is 2.34. The van der Waals surface area contributed by atoms with Crippen molar-refractivity contribution in [3.63, 3.8) is 0 Å². The van der Waals surface area contributed by atoms with E-state index in [2.05, 4.69) is 17.9 Å². The molecular formula is C20H17NO. The number of carbonyl (C=O) groups excluding carboxylic acids is 1. The maximum absolute atomic E-state index is 12.8. The predicted molar refractivity (Wildman–Crippen MR) is 87.0 cm³/mol. The van der Waals surface area contributed by atoms with Gasteiger partial charge in [0.25, 0.3) is 0 Å². The van der Waals surface area contributed by atoms with Crippen molar-refractivity contribution in [3.8, 4) is 17.9 Å². The van der Waals surface area contributed by atoms with E-state index in [1.165, 1.54) is 0 Å². The molecular weight excluding hydrogens is 270 g/mol. The second kappa shape index (κ2) is 7.25. The highest BCUT2D eigenvalue weighted by Gasteiger charge is 2.31. The summed E-state index contributed by atoms with van der Waals surface area (Å²) >= 11 is 0. The van der Waals surface area contributed by atoms with E-state index < -0.39 is 5.41 Å². The number of carbonyl (C=O) groups is 1. The number of benzene rings is 2. The Kier molecular flexibility index (Phi) is 5.12. The molecule has 22 heavy (non-hydrogen) atoms. The number of hydrogen-bond acceptors (Lipinski definition) is 2. The molecule has 0 aliphatic rings. The third-order valence-corrected chi connectivity index (χ3v) is 3.53. The maximum Gasteiger partial charge on any atom is 0.180 e. The van der Waals surface area contributed by atoms with Crippen LogP contribution in [0.2, 0.25) is 0 Å². The van der Waals surface area contributed by atoms with E-state index in [0.717, 1.165) is 5.56 Å². The molecule has 0 saturated carbocycles. The van der Waals surface area contributed by atoms with E-state index in [0.29, 0.717) is 18.4 Å². The van der Waals surface area contributed by atoms with E-state index in [1.807, 2.05) is 55.5 Å². The van der Waals surface area contributed by atoms with Crippen LogP contribution in [0, 0.1) is 28.6 Å². The summed E-state index contributed by atoms with van der Waals surface area (Å²) in [6.45, 7) is 1.82. The second-order valence-electron chi connectivity index (χ2n) is 5.30. The first-order valence-electron chi connectivity index (χ1n) is 7.21. The lowest BCUT2D eigenvalue weighted by Crippen LogP contribution is -2.26. The normalized spacial score (nSPS) is 12.4. The van der Waals surface area contributed by atoms with Gasteiger partial charge in [-0.15, -0.1) is 0 Å². The fourth-order valence-electron chi connectivity index (χ4n) is 2.18. The van der Waals surface area contributed by atoms with Crippen LogP contribution in [-0.2, 0) is 0 Å². The van der Waals surface area contributed by atoms with Crippen LogP contribution in [0.3, 0.4) is 0 Å². The van der Waals surface area contributed by atoms with Gasteiger partial charge >= 0.3 is 0 Å². The van der Waals surface area contributed by atoms with Gasteiger partial charge in [0.15, 0.2) is 5.78 Å². The average Bonchev–Trinajstić information content (AvgIpc) is 2.59. The van der Waals surface area contributed by atoms with Crippen LogP contribution in [0.1, 0.15) is 35.7 Å². The highest BCUT2D eigenvalue weighted by molar-refractivity contribution is 6.02. The number of rotatable bonds is 4. The molecule has 1 atom stereocenters. The summed E-state index contributed by atoms with van der Waals surface area (Å²) in [5, 5.41) is 8.86. The Labute approximate surface area is 131 Å². The monoisotopic (exact) mass is 287 g/mol. The lowest BCUT2D eigenvalue weighted by Gasteiger charge is -2.21. The van der Waals surface area contributed by atoms with Crippen LogP contribution in [0.15, 0.2) is 60.7 Å². The van der Waals surface area contributed by atoms with E-state index in [4.69, 9.17) is 5.26 Å². The maximum atomic E-state index is 12.8. The molecule has 1 unspecified atom stereocenters. The van der Waals surface area contributed by atoms with Crippen molar-refractivity contribution in [2.75, 3.05) is 0 Å². The van der Waals surface area contributed by atoms with Crippen LogP contribution in [0.25, 0.3) is 0 Å². The first-order chi connectivity index (χ1) is 10.7. The molecule has 2 heteroatoms. The lowest BCUT2D eigenvalue weighted by atomic mass is 9.79. The zero-order valence-electron chi connectivity index (χ0n) is 12.5. The zero-order chi connectivity index (χ0) is 15.8. The lowest BCUT2D eigenvalue weighted by molar-refractivity contribution is 0.0871. The minimum Gasteiger partial charge on any atom is -0.292 e. The van der Waals surface area contributed by atoms with Gasteiger partial charge in [-0.2, -0.15) is 5.26 Å². The van der Waals surface area contributed by atoms with Gasteiger partial charge in [0.2, 0.25) is 0 Å². The molecule has 0 aliphatic heterocycles. The molecule has 0 radical (unpaired) electrons. The van der Waals surface area contributed by atoms with E-state index in [1.54, 1.807) is 12.1 Å². The highest BCUT2D eigenvalue weighted by Crippen LogP contribution is 2.27. The number of Topliss-reactive ketones (excluding diaryl/α,β-unsaturated/α-hetero) is 1. The Morgan fingerprint density at radius 2 is 1.64 bits per heavy atom. The van der Waals surface area contributed by atoms with Gasteiger partial charge in [0.1, 0.15) is 0 Å². The molecule has 0 aromatic heterocycles. The highest BCUT2D eigenvalue weighted by atomic mass is 16.1. The summed E-state index contributed by atoms with van der Waals surface area (Å²) in [5.41, 5.74) is 0.643. The van der Waals surface area contributed by atoms with E-state index in [9.17, 15) is 4.79 Å². The fourth-order valence-corrected chi connectivity index (χ4v) is 2.18. The molecule has 0 saturated heterocycles. The second-order valence-corrected chi connectivity index (χ2v) is 5.30. The minimum absolute atomic E-state index is 0.0354. The molecule has 0 spiro atoms. The predicted octanol–water partition coefficient (Wildman–Crippen LogP) is 4.23. The smallest absolute Gasteiger partial charge is 0.180 e. The summed E-state index contributed by atoms with van der Waals surface area (Å²) < 4.78 is 0. The van der Waals surface area contributed by atoms with Crippen molar-refractivity contribution in [3.05, 3.63) is 71.8 Å². The van der Waals surface area contributed by atoms with Crippen molar-refractivity contribution >= 4 is 5.78 Å². The Hall–Kier alpha value is -2.84. The number of nitriles is 1. The Morgan fingerprint density at radius 3 is 2.23 bits per heavy atom. The first kappa shape index (κ1) is 15.5. The third-order valence-electron chi connectivity index (χ3n) is 3.53. The van der Waals surface area contributed by atoms with Gasteiger partial charge < -0.3 is 0 Å². The molecule has 108 valence electrons. The molecule has 0 amide bonds. The minimum atomic E-state index is -0.854. The SMILES string of the molecule is CC(C#Cc1ccccc1)(CCC#N)C(=O)c1ccccc1. The summed E-state index contributed by atoms with van der Waals surface area (Å²) in [5.74, 6) is 6.12. The van der Waals surface area contributed by atoms with Crippen molar-refractivity contribution in [2.45, 2.75) is 19.8 Å². The largest absolute Gasteiger partial charge is 0.292 e. The van der Waals surface area contributed by atoms with E-state index in [-0.39, 0.29) is 5.78 Å². The number of ketones is 1. The molecule has 2 rings (SSSR count). The van der Waals surface area contributed by atoms with Crippen molar-refractivity contribution in [1.82, 2.24) is 0 Å². The van der Waals surface area contributed by atoms with Crippen LogP contribution < -0.4 is 0 Å². The Morgan fingerprint density at radius 1 is 1.05 bits per heavy atom. The molecule has 2 aromatic carbocycles. The quantitative estimate of drug-likeness (QED) is 0.623. The van der Waals surface area contributed by atoms with Crippen molar-refractivity contribution in [2.24, 2.45) is 5.41 Å². The van der Waals surface area contributed by atoms with Crippen molar-refractivity contribution in [1.29, 1.82) is 5.26 Å². The van der Waals surface area contributed by atoms with Crippen LogP contribution in [0.5, 0.6) is 0 Å². The van der Waals surface area contributed by atoms with Gasteiger partial charge in [-0.3, -0.25) is 4.79 Å². The molecule has 2 aromatic rings. The summed E-state index contributed by atoms with van der Waals surface area (Å²) in [7, 11) is 0. The van der Waals surface area contributed by atoms with E-state index >= 15 is 0 Å². The van der Waals surface area contributed by atoms with Crippen LogP contribution >= 0.6 is 0 Å². The average molecular weight is 287 g/mol. The number of hydrogen-bond donors (Lipinski definition) is 0. The molecule has 0 fully saturated rings. The fraction of sp³-hybridized carbons (Fsp3) is 0.200. The van der Waals surface area contributed by atoms with Crippen LogP contribution in [-0.4, -0.2) is 5.78 Å². The summed E-state index contributed by atoms with van der Waals surface area (Å²) in [6, 6.07) is 20.8. The summed E-state index contributed by atoms with van der Waals surface area (Å²) in [6.07, 6.45) is 0.732. The topological polar surface area (TPSA) is 40.9 Å². The summed E-state index contributed by atoms with van der Waals surface area (Å²) in [4.78, 5) is 12.8. The Bertz CT molecular complexity index is 732. The van der Waals surface area contributed by atoms with Gasteiger partial charge in [0.05, 0.1) is 11.5 Å². The standard InChI is InChI=1S/C20H17NO/c1-20(14-8-16-21,15-13-17-9-4-2-5-10-17)19(22)18-11-6-3-7-12-18/h2-7,9-12H,8,14H2,1H3. The molecule has 0 N–H and O–H groups in total. The molecule has 0 bridgehead atoms. The zero-order valence-corrected chi connectivity index (χ0v) is 12.5. The molecule has 0 heterocycles. The molecule has 0 aliphatic carbocycles. The van der Waals surface area contributed by atoms with Crippen molar-refractivity contribution < 1.29 is 4.79 Å². The number of nitrogens with zero attached hydrogens (tertiary/aromatic N) is 1. The van der Waals surface area contributed by atoms with Crippen LogP contribution in [0.4, 0.5) is 0 Å². The van der Waals surface area contributed by atoms with Gasteiger partial charge in [-0.25, -0.2) is 0 Å². The van der Waals surface area contributed by atoms with Gasteiger partial charge in [-0.1, -0.05) is 60.4 Å². The first-order valence-corrected chi connectivity index (χ1v) is 7.21. The molecule has 2 nitrogen and oxygen atoms in total. The van der Waals surface area contributed by atoms with Gasteiger partial charge in [0, 0.05) is 17.5 Å². The van der Waals surface area contributed by atoms with Gasteiger partial charge in [-0.05, 0) is 25.5 Å².